The van der Waals surface area contributed by atoms with Crippen LogP contribution in [0.25, 0.3) is 0 Å². The van der Waals surface area contributed by atoms with Gasteiger partial charge in [0.05, 0.1) is 0 Å². The third kappa shape index (κ3) is 3.05. The molecule has 0 amide bonds. The Balaban J connectivity index is 2.27. The second kappa shape index (κ2) is 5.74. The first kappa shape index (κ1) is 13.4. The molecule has 0 aliphatic heterocycles. The molecule has 0 spiro atoms. The van der Waals surface area contributed by atoms with E-state index in [1.165, 1.54) is 11.6 Å². The quantitative estimate of drug-likeness (QED) is 0.846. The number of hydrogen-bond donors (Lipinski definition) is 1. The Bertz CT molecular complexity index is 566. The predicted molar refractivity (Wildman–Crippen MR) is 78.7 cm³/mol. The van der Waals surface area contributed by atoms with E-state index in [0.29, 0.717) is 17.8 Å². The van der Waals surface area contributed by atoms with Gasteiger partial charge < -0.3 is 10.6 Å². The molecule has 0 atom stereocenters. The first-order valence-corrected chi connectivity index (χ1v) is 6.46. The van der Waals surface area contributed by atoms with Crippen molar-refractivity contribution in [1.82, 2.24) is 0 Å². The van der Waals surface area contributed by atoms with Crippen LogP contribution in [0.3, 0.4) is 0 Å². The van der Waals surface area contributed by atoms with Crippen LogP contribution in [-0.2, 0) is 6.54 Å². The molecule has 0 radical (unpaired) electrons. The number of nitrogens with two attached hydrogens (primary N) is 1. The molecule has 100 valence electrons. The lowest BCUT2D eigenvalue weighted by Crippen LogP contribution is -2.23. The van der Waals surface area contributed by atoms with Crippen molar-refractivity contribution in [3.8, 4) is 0 Å². The van der Waals surface area contributed by atoms with Gasteiger partial charge in [0, 0.05) is 30.0 Å². The van der Waals surface area contributed by atoms with E-state index in [4.69, 9.17) is 5.73 Å². The van der Waals surface area contributed by atoms with Crippen molar-refractivity contribution in [1.29, 1.82) is 0 Å². The molecule has 3 heteroatoms. The first-order valence-electron chi connectivity index (χ1n) is 6.46. The monoisotopic (exact) mass is 258 g/mol. The van der Waals surface area contributed by atoms with E-state index in [1.807, 2.05) is 12.1 Å². The molecule has 19 heavy (non-hydrogen) atoms. The Kier molecular flexibility index (Phi) is 4.05. The zero-order valence-electron chi connectivity index (χ0n) is 11.4. The molecule has 0 saturated carbocycles. The molecular weight excluding hydrogens is 239 g/mol. The Labute approximate surface area is 113 Å². The number of nitrogens with zero attached hydrogens (tertiary/aromatic N) is 1. The fourth-order valence-electron chi connectivity index (χ4n) is 2.18. The van der Waals surface area contributed by atoms with E-state index in [-0.39, 0.29) is 5.82 Å². The number of rotatable bonds is 4. The maximum atomic E-state index is 13.9. The summed E-state index contributed by atoms with van der Waals surface area (Å²) in [5.74, 6) is -0.243. The second-order valence-corrected chi connectivity index (χ2v) is 4.65. The molecule has 0 aliphatic carbocycles. The summed E-state index contributed by atoms with van der Waals surface area (Å²) in [5, 5.41) is 0. The summed E-state index contributed by atoms with van der Waals surface area (Å²) < 4.78 is 13.9. The summed E-state index contributed by atoms with van der Waals surface area (Å²) in [4.78, 5) is 2.16. The van der Waals surface area contributed by atoms with Crippen LogP contribution in [-0.4, -0.2) is 6.54 Å². The van der Waals surface area contributed by atoms with Crippen LogP contribution in [0.1, 0.15) is 18.1 Å². The Morgan fingerprint density at radius 2 is 1.89 bits per heavy atom. The van der Waals surface area contributed by atoms with Crippen LogP contribution < -0.4 is 10.6 Å². The molecule has 2 rings (SSSR count). The first-order chi connectivity index (χ1) is 9.11. The average Bonchev–Trinajstić information content (AvgIpc) is 2.39. The molecule has 2 nitrogen and oxygen atoms in total. The van der Waals surface area contributed by atoms with Crippen LogP contribution in [0, 0.1) is 12.7 Å². The molecule has 2 aromatic rings. The van der Waals surface area contributed by atoms with E-state index >= 15 is 0 Å². The van der Waals surface area contributed by atoms with Crippen LogP contribution in [0.5, 0.6) is 0 Å². The van der Waals surface area contributed by atoms with Crippen molar-refractivity contribution in [3.05, 3.63) is 59.4 Å². The molecule has 0 unspecified atom stereocenters. The summed E-state index contributed by atoms with van der Waals surface area (Å²) in [6, 6.07) is 13.0. The fourth-order valence-corrected chi connectivity index (χ4v) is 2.18. The van der Waals surface area contributed by atoms with Crippen molar-refractivity contribution in [3.63, 3.8) is 0 Å². The molecule has 0 bridgehead atoms. The van der Waals surface area contributed by atoms with E-state index in [9.17, 15) is 4.39 Å². The number of aryl methyl sites for hydroxylation is 1. The number of halogens is 1. The summed E-state index contributed by atoms with van der Waals surface area (Å²) in [6.07, 6.45) is 0. The van der Waals surface area contributed by atoms with Crippen molar-refractivity contribution in [2.75, 3.05) is 17.2 Å². The largest absolute Gasteiger partial charge is 0.399 e. The van der Waals surface area contributed by atoms with Gasteiger partial charge in [0.2, 0.25) is 0 Å². The molecular formula is C16H19FN2. The van der Waals surface area contributed by atoms with Crippen LogP contribution >= 0.6 is 0 Å². The smallest absolute Gasteiger partial charge is 0.130 e. The van der Waals surface area contributed by atoms with E-state index in [1.54, 1.807) is 12.1 Å². The highest BCUT2D eigenvalue weighted by atomic mass is 19.1. The van der Waals surface area contributed by atoms with E-state index in [0.717, 1.165) is 12.2 Å². The maximum absolute atomic E-state index is 13.9. The molecule has 0 saturated heterocycles. The lowest BCUT2D eigenvalue weighted by Gasteiger charge is -2.25. The summed E-state index contributed by atoms with van der Waals surface area (Å²) >= 11 is 0. The third-order valence-corrected chi connectivity index (χ3v) is 3.28. The highest BCUT2D eigenvalue weighted by Crippen LogP contribution is 2.22. The van der Waals surface area contributed by atoms with Crippen LogP contribution in [0.2, 0.25) is 0 Å². The third-order valence-electron chi connectivity index (χ3n) is 3.28. The summed E-state index contributed by atoms with van der Waals surface area (Å²) in [7, 11) is 0. The Morgan fingerprint density at radius 3 is 2.53 bits per heavy atom. The van der Waals surface area contributed by atoms with Crippen LogP contribution in [0.4, 0.5) is 15.8 Å². The normalized spacial score (nSPS) is 10.5. The van der Waals surface area contributed by atoms with Gasteiger partial charge in [0.1, 0.15) is 5.82 Å². The van der Waals surface area contributed by atoms with Gasteiger partial charge >= 0.3 is 0 Å². The standard InChI is InChI=1S/C16H19FN2/c1-3-19(16-7-5-4-6-12(16)2)11-13-8-9-14(18)10-15(13)17/h4-10H,3,11,18H2,1-2H3. The zero-order chi connectivity index (χ0) is 13.8. The van der Waals surface area contributed by atoms with Crippen molar-refractivity contribution in [2.24, 2.45) is 0 Å². The average molecular weight is 258 g/mol. The van der Waals surface area contributed by atoms with Crippen molar-refractivity contribution < 1.29 is 4.39 Å². The molecule has 0 aromatic heterocycles. The van der Waals surface area contributed by atoms with E-state index in [2.05, 4.69) is 30.9 Å². The Morgan fingerprint density at radius 1 is 1.16 bits per heavy atom. The molecule has 0 fully saturated rings. The molecule has 2 N–H and O–H groups in total. The van der Waals surface area contributed by atoms with Gasteiger partial charge in [-0.25, -0.2) is 4.39 Å². The fraction of sp³-hybridized carbons (Fsp3) is 0.250. The lowest BCUT2D eigenvalue weighted by atomic mass is 10.1. The van der Waals surface area contributed by atoms with Crippen molar-refractivity contribution in [2.45, 2.75) is 20.4 Å². The molecule has 2 aromatic carbocycles. The van der Waals surface area contributed by atoms with Gasteiger partial charge in [-0.3, -0.25) is 0 Å². The van der Waals surface area contributed by atoms with Gasteiger partial charge in [-0.05, 0) is 37.6 Å². The zero-order valence-corrected chi connectivity index (χ0v) is 11.4. The van der Waals surface area contributed by atoms with Gasteiger partial charge in [-0.1, -0.05) is 24.3 Å². The van der Waals surface area contributed by atoms with Crippen LogP contribution in [0.15, 0.2) is 42.5 Å². The minimum atomic E-state index is -0.243. The second-order valence-electron chi connectivity index (χ2n) is 4.65. The molecule has 0 heterocycles. The number of anilines is 2. The lowest BCUT2D eigenvalue weighted by molar-refractivity contribution is 0.606. The minimum absolute atomic E-state index is 0.243. The number of nitrogen functional groups attached to an aromatic ring is 1. The van der Waals surface area contributed by atoms with E-state index < -0.39 is 0 Å². The van der Waals surface area contributed by atoms with Gasteiger partial charge in [0.25, 0.3) is 0 Å². The highest BCUT2D eigenvalue weighted by molar-refractivity contribution is 5.53. The van der Waals surface area contributed by atoms with Gasteiger partial charge in [-0.15, -0.1) is 0 Å². The highest BCUT2D eigenvalue weighted by Gasteiger charge is 2.10. The number of benzene rings is 2. The maximum Gasteiger partial charge on any atom is 0.130 e. The summed E-state index contributed by atoms with van der Waals surface area (Å²) in [5.41, 5.74) is 9.03. The Hall–Kier alpha value is -2.03. The van der Waals surface area contributed by atoms with Crippen molar-refractivity contribution >= 4 is 11.4 Å². The SMILES string of the molecule is CCN(Cc1ccc(N)cc1F)c1ccccc1C. The van der Waals surface area contributed by atoms with Gasteiger partial charge in [-0.2, -0.15) is 0 Å². The van der Waals surface area contributed by atoms with Gasteiger partial charge in [0.15, 0.2) is 0 Å². The predicted octanol–water partition coefficient (Wildman–Crippen LogP) is 3.74. The topological polar surface area (TPSA) is 29.3 Å². The molecule has 0 aliphatic rings. The number of hydrogen-bond acceptors (Lipinski definition) is 2. The minimum Gasteiger partial charge on any atom is -0.399 e. The number of para-hydroxylation sites is 1. The summed E-state index contributed by atoms with van der Waals surface area (Å²) in [6.45, 7) is 5.51.